The van der Waals surface area contributed by atoms with Crippen LogP contribution in [0.5, 0.6) is 0 Å². The molecule has 0 aliphatic carbocycles. The van der Waals surface area contributed by atoms with Gasteiger partial charge in [-0.25, -0.2) is 0 Å². The molecule has 38 heavy (non-hydrogen) atoms. The third-order valence-corrected chi connectivity index (χ3v) is 6.16. The topological polar surface area (TPSA) is 65.0 Å². The number of aliphatic imine (C=N–C) groups is 1. The van der Waals surface area contributed by atoms with E-state index in [0.717, 1.165) is 17.7 Å². The van der Waals surface area contributed by atoms with Crippen molar-refractivity contribution in [3.05, 3.63) is 100 Å². The van der Waals surface area contributed by atoms with Crippen LogP contribution in [0.25, 0.3) is 5.57 Å². The summed E-state index contributed by atoms with van der Waals surface area (Å²) in [6, 6.07) is 13.3. The van der Waals surface area contributed by atoms with E-state index >= 15 is 0 Å². The average molecular weight is 515 g/mol. The quantitative estimate of drug-likeness (QED) is 0.242. The van der Waals surface area contributed by atoms with Crippen LogP contribution in [0.1, 0.15) is 42.3 Å². The first kappa shape index (κ1) is 30.2. The van der Waals surface area contributed by atoms with Gasteiger partial charge in [0, 0.05) is 39.9 Å². The van der Waals surface area contributed by atoms with Crippen LogP contribution in [0.3, 0.4) is 0 Å². The Kier molecular flexibility index (Phi) is 11.7. The number of carbonyl (C=O) groups excluding carboxylic acids is 2. The molecule has 6 heteroatoms. The van der Waals surface area contributed by atoms with E-state index in [1.807, 2.05) is 44.1 Å². The molecule has 0 bridgehead atoms. The van der Waals surface area contributed by atoms with Crippen LogP contribution in [0.15, 0.2) is 83.1 Å². The van der Waals surface area contributed by atoms with E-state index in [0.29, 0.717) is 23.5 Å². The Bertz CT molecular complexity index is 1300. The lowest BCUT2D eigenvalue weighted by Gasteiger charge is -2.19. The van der Waals surface area contributed by atoms with Gasteiger partial charge < -0.3 is 15.1 Å². The van der Waals surface area contributed by atoms with Gasteiger partial charge in [-0.2, -0.15) is 0 Å². The van der Waals surface area contributed by atoms with Gasteiger partial charge in [0.25, 0.3) is 11.8 Å². The highest BCUT2D eigenvalue weighted by Crippen LogP contribution is 2.17. The molecule has 2 amide bonds. The average Bonchev–Trinajstić information content (AvgIpc) is 2.89. The predicted molar refractivity (Wildman–Crippen MR) is 162 cm³/mol. The Labute approximate surface area is 229 Å². The third-order valence-electron chi connectivity index (χ3n) is 6.16. The number of allylic oxidation sites excluding steroid dienone is 4. The summed E-state index contributed by atoms with van der Waals surface area (Å²) in [7, 11) is 7.31. The Morgan fingerprint density at radius 2 is 1.63 bits per heavy atom. The molecular formula is C32H42N4O2. The first-order valence-corrected chi connectivity index (χ1v) is 12.7. The van der Waals surface area contributed by atoms with E-state index in [-0.39, 0.29) is 13.2 Å². The van der Waals surface area contributed by atoms with Crippen LogP contribution in [0, 0.1) is 13.8 Å². The van der Waals surface area contributed by atoms with Crippen molar-refractivity contribution in [2.75, 3.05) is 46.6 Å². The van der Waals surface area contributed by atoms with Crippen molar-refractivity contribution in [2.45, 2.75) is 27.7 Å². The van der Waals surface area contributed by atoms with Crippen molar-refractivity contribution in [3.63, 3.8) is 0 Å². The molecule has 2 aromatic carbocycles. The van der Waals surface area contributed by atoms with Crippen molar-refractivity contribution >= 4 is 28.8 Å². The first-order valence-electron chi connectivity index (χ1n) is 12.7. The van der Waals surface area contributed by atoms with Gasteiger partial charge in [0.1, 0.15) is 5.71 Å². The van der Waals surface area contributed by atoms with E-state index in [2.05, 4.69) is 55.0 Å². The number of benzene rings is 2. The molecule has 0 spiro atoms. The molecule has 6 nitrogen and oxygen atoms in total. The minimum absolute atomic E-state index is 0. The maximum atomic E-state index is 12.8. The number of amides is 2. The molecule has 0 radical (unpaired) electrons. The molecule has 0 unspecified atom stereocenters. The highest BCUT2D eigenvalue weighted by atomic mass is 16.2. The van der Waals surface area contributed by atoms with Gasteiger partial charge in [0.05, 0.1) is 0 Å². The van der Waals surface area contributed by atoms with Gasteiger partial charge >= 0.3 is 0 Å². The number of anilines is 1. The van der Waals surface area contributed by atoms with E-state index in [1.165, 1.54) is 16.7 Å². The van der Waals surface area contributed by atoms with Crippen molar-refractivity contribution in [3.8, 4) is 0 Å². The smallest absolute Gasteiger partial charge is 0.273 e. The van der Waals surface area contributed by atoms with Gasteiger partial charge in [-0.1, -0.05) is 24.3 Å². The van der Waals surface area contributed by atoms with Crippen LogP contribution < -0.4 is 5.32 Å². The Morgan fingerprint density at radius 3 is 2.24 bits per heavy atom. The molecule has 0 aromatic heterocycles. The summed E-state index contributed by atoms with van der Waals surface area (Å²) in [4.78, 5) is 33.2. The molecule has 202 valence electrons. The molecule has 2 rings (SSSR count). The second kappa shape index (κ2) is 14.7. The van der Waals surface area contributed by atoms with Crippen molar-refractivity contribution in [1.29, 1.82) is 0 Å². The van der Waals surface area contributed by atoms with E-state index in [1.54, 1.807) is 49.3 Å². The van der Waals surface area contributed by atoms with Crippen LogP contribution in [-0.2, 0) is 4.79 Å². The fraction of sp³-hybridized carbons (Fsp3) is 0.312. The monoisotopic (exact) mass is 514 g/mol. The van der Waals surface area contributed by atoms with Crippen molar-refractivity contribution < 1.29 is 11.0 Å². The van der Waals surface area contributed by atoms with Crippen molar-refractivity contribution in [2.24, 2.45) is 4.99 Å². The highest BCUT2D eigenvalue weighted by molar-refractivity contribution is 6.47. The number of aryl methyl sites for hydroxylation is 2. The molecule has 1 N–H and O–H groups in total. The van der Waals surface area contributed by atoms with Crippen LogP contribution >= 0.6 is 0 Å². The summed E-state index contributed by atoms with van der Waals surface area (Å²) in [6.45, 7) is 9.61. The SMILES string of the molecule is CN=C(/C=C(\C)C=C=C/C=C(\C)c1ccc(C)c(C)c1)C(=O)Nc1ccc(C(=O)N(C)CCN(C)C)cc1.[HH]. The number of hydrogen-bond acceptors (Lipinski definition) is 4. The van der Waals surface area contributed by atoms with Gasteiger partial charge in [0.15, 0.2) is 0 Å². The van der Waals surface area contributed by atoms with Gasteiger partial charge in [0.2, 0.25) is 0 Å². The molecule has 0 aliphatic heterocycles. The lowest BCUT2D eigenvalue weighted by atomic mass is 10.0. The number of nitrogens with one attached hydrogen (secondary N) is 1. The molecule has 0 saturated carbocycles. The second-order valence-electron chi connectivity index (χ2n) is 9.69. The van der Waals surface area contributed by atoms with E-state index < -0.39 is 0 Å². The highest BCUT2D eigenvalue weighted by Gasteiger charge is 2.13. The molecule has 0 aliphatic rings. The predicted octanol–water partition coefficient (Wildman–Crippen LogP) is 5.95. The maximum absolute atomic E-state index is 12.8. The van der Waals surface area contributed by atoms with Gasteiger partial charge in [-0.3, -0.25) is 14.6 Å². The van der Waals surface area contributed by atoms with Crippen molar-refractivity contribution in [1.82, 2.24) is 9.80 Å². The zero-order valence-corrected chi connectivity index (χ0v) is 23.9. The largest absolute Gasteiger partial charge is 0.340 e. The molecule has 0 fully saturated rings. The zero-order chi connectivity index (χ0) is 28.2. The fourth-order valence-corrected chi connectivity index (χ4v) is 3.49. The molecule has 2 aromatic rings. The first-order chi connectivity index (χ1) is 18.0. The number of rotatable bonds is 10. The molecule has 0 heterocycles. The molecule has 0 saturated heterocycles. The Balaban J connectivity index is 0.00000760. The molecule has 0 atom stereocenters. The fourth-order valence-electron chi connectivity index (χ4n) is 3.49. The normalized spacial score (nSPS) is 12.2. The van der Waals surface area contributed by atoms with E-state index in [9.17, 15) is 9.59 Å². The zero-order valence-electron chi connectivity index (χ0n) is 23.9. The Morgan fingerprint density at radius 1 is 0.974 bits per heavy atom. The number of nitrogens with zero attached hydrogens (tertiary/aromatic N) is 3. The number of carbonyl (C=O) groups is 2. The standard InChI is InChI=1S/C32H40N4O2.H2/c1-23(11-9-10-12-25(3)28-14-13-24(2)26(4)22-28)21-30(33-5)31(37)34-29-17-15-27(16-18-29)32(38)36(8)20-19-35(6)7;/h10-18,21-22H,19-20H2,1-8H3,(H,34,37);1H/b23-21+,25-12+,33-30?;. The maximum Gasteiger partial charge on any atom is 0.273 e. The minimum atomic E-state index is -0.322. The van der Waals surface area contributed by atoms with Gasteiger partial charge in [-0.05, 0) is 112 Å². The van der Waals surface area contributed by atoms with Crippen LogP contribution in [0.4, 0.5) is 5.69 Å². The summed E-state index contributed by atoms with van der Waals surface area (Å²) < 4.78 is 0. The summed E-state index contributed by atoms with van der Waals surface area (Å²) in [5.74, 6) is -0.380. The molecular weight excluding hydrogens is 472 g/mol. The Hall–Kier alpha value is -3.99. The summed E-state index contributed by atoms with van der Waals surface area (Å²) in [5.41, 5.74) is 10.3. The number of likely N-dealkylation sites (N-methyl/N-ethyl adjacent to an activating group) is 2. The van der Waals surface area contributed by atoms with Gasteiger partial charge in [-0.15, -0.1) is 5.73 Å². The summed E-state index contributed by atoms with van der Waals surface area (Å²) in [6.07, 6.45) is 7.42. The third kappa shape index (κ3) is 9.47. The lowest BCUT2D eigenvalue weighted by molar-refractivity contribution is -0.110. The summed E-state index contributed by atoms with van der Waals surface area (Å²) >= 11 is 0. The summed E-state index contributed by atoms with van der Waals surface area (Å²) in [5, 5.41) is 2.85. The minimum Gasteiger partial charge on any atom is -0.340 e. The van der Waals surface area contributed by atoms with Crippen LogP contribution in [-0.4, -0.2) is 68.6 Å². The number of hydrogen-bond donors (Lipinski definition) is 1. The van der Waals surface area contributed by atoms with E-state index in [4.69, 9.17) is 0 Å². The van der Waals surface area contributed by atoms with Crippen LogP contribution in [0.2, 0.25) is 0 Å². The lowest BCUT2D eigenvalue weighted by Crippen LogP contribution is -2.33. The second-order valence-corrected chi connectivity index (χ2v) is 9.69.